The van der Waals surface area contributed by atoms with Crippen LogP contribution in [0.25, 0.3) is 17.1 Å². The molecule has 0 aliphatic rings. The Balaban J connectivity index is 2.03. The van der Waals surface area contributed by atoms with Gasteiger partial charge in [0.25, 0.3) is 5.56 Å². The maximum Gasteiger partial charge on any atom is 0.332 e. The fourth-order valence-corrected chi connectivity index (χ4v) is 3.64. The van der Waals surface area contributed by atoms with E-state index < -0.39 is 0 Å². The van der Waals surface area contributed by atoms with Crippen LogP contribution < -0.4 is 11.2 Å². The van der Waals surface area contributed by atoms with Crippen molar-refractivity contribution in [3.8, 4) is 5.95 Å². The quantitative estimate of drug-likeness (QED) is 0.533. The Morgan fingerprint density at radius 1 is 1.00 bits per heavy atom. The van der Waals surface area contributed by atoms with Gasteiger partial charge in [0.05, 0.1) is 12.2 Å². The van der Waals surface area contributed by atoms with Gasteiger partial charge in [-0.3, -0.25) is 13.9 Å². The Morgan fingerprint density at radius 2 is 1.69 bits per heavy atom. The molecule has 3 heterocycles. The summed E-state index contributed by atoms with van der Waals surface area (Å²) in [7, 11) is 1.65. The molecule has 4 rings (SSSR count). The van der Waals surface area contributed by atoms with Gasteiger partial charge >= 0.3 is 5.69 Å². The van der Waals surface area contributed by atoms with E-state index in [9.17, 15) is 9.59 Å². The number of aryl methyl sites for hydroxylation is 3. The number of hydrogen-bond donors (Lipinski definition) is 0. The van der Waals surface area contributed by atoms with Crippen LogP contribution in [-0.4, -0.2) is 28.5 Å². The van der Waals surface area contributed by atoms with Crippen LogP contribution in [-0.2, 0) is 20.1 Å². The summed E-state index contributed by atoms with van der Waals surface area (Å²) in [6.07, 6.45) is 0. The zero-order chi connectivity index (χ0) is 20.9. The summed E-state index contributed by atoms with van der Waals surface area (Å²) in [6, 6.07) is 9.49. The minimum absolute atomic E-state index is 0.214. The van der Waals surface area contributed by atoms with E-state index in [1.807, 2.05) is 62.6 Å². The Kier molecular flexibility index (Phi) is 4.49. The van der Waals surface area contributed by atoms with Crippen LogP contribution in [0.3, 0.4) is 0 Å². The Morgan fingerprint density at radius 3 is 2.28 bits per heavy atom. The Hall–Kier alpha value is -3.42. The maximum atomic E-state index is 13.3. The molecular formula is C21H24N6O2. The molecule has 0 fully saturated rings. The summed E-state index contributed by atoms with van der Waals surface area (Å²) in [4.78, 5) is 30.9. The molecule has 0 atom stereocenters. The van der Waals surface area contributed by atoms with Crippen molar-refractivity contribution >= 4 is 11.2 Å². The van der Waals surface area contributed by atoms with Gasteiger partial charge in [0, 0.05) is 19.3 Å². The van der Waals surface area contributed by atoms with Gasteiger partial charge in [-0.1, -0.05) is 30.3 Å². The average molecular weight is 392 g/mol. The summed E-state index contributed by atoms with van der Waals surface area (Å²) in [6.45, 7) is 8.63. The molecule has 0 aliphatic carbocycles. The molecule has 0 N–H and O–H groups in total. The fourth-order valence-electron chi connectivity index (χ4n) is 3.64. The fraction of sp³-hybridized carbons (Fsp3) is 0.333. The first-order valence-corrected chi connectivity index (χ1v) is 9.62. The molecule has 0 saturated heterocycles. The van der Waals surface area contributed by atoms with E-state index in [1.165, 1.54) is 9.13 Å². The van der Waals surface area contributed by atoms with Gasteiger partial charge in [0.2, 0.25) is 5.95 Å². The van der Waals surface area contributed by atoms with E-state index in [-0.39, 0.29) is 17.8 Å². The maximum absolute atomic E-state index is 13.3. The molecule has 150 valence electrons. The molecule has 0 unspecified atom stereocenters. The highest BCUT2D eigenvalue weighted by Gasteiger charge is 2.22. The molecule has 0 spiro atoms. The lowest BCUT2D eigenvalue weighted by Crippen LogP contribution is -2.39. The van der Waals surface area contributed by atoms with Crippen LogP contribution in [0.4, 0.5) is 0 Å². The second-order valence-corrected chi connectivity index (χ2v) is 7.25. The molecule has 8 heteroatoms. The molecule has 0 saturated carbocycles. The normalized spacial score (nSPS) is 11.5. The van der Waals surface area contributed by atoms with E-state index in [4.69, 9.17) is 0 Å². The van der Waals surface area contributed by atoms with Crippen molar-refractivity contribution in [3.63, 3.8) is 0 Å². The SMILES string of the molecule is CCn1c(-n2nc(C)c(C)c2C)nc2c1c(=O)n(Cc1ccccc1)c(=O)n2C. The highest BCUT2D eigenvalue weighted by molar-refractivity contribution is 5.72. The Bertz CT molecular complexity index is 1340. The van der Waals surface area contributed by atoms with E-state index >= 15 is 0 Å². The van der Waals surface area contributed by atoms with E-state index in [0.717, 1.165) is 22.5 Å². The number of nitrogens with zero attached hydrogens (tertiary/aromatic N) is 6. The molecule has 0 bridgehead atoms. The number of benzene rings is 1. The zero-order valence-electron chi connectivity index (χ0n) is 17.3. The lowest BCUT2D eigenvalue weighted by molar-refractivity contribution is 0.649. The summed E-state index contributed by atoms with van der Waals surface area (Å²) >= 11 is 0. The van der Waals surface area contributed by atoms with Crippen LogP contribution in [0, 0.1) is 20.8 Å². The average Bonchev–Trinajstić information content (AvgIpc) is 3.23. The van der Waals surface area contributed by atoms with Gasteiger partial charge in [-0.05, 0) is 38.8 Å². The first kappa shape index (κ1) is 18.9. The molecule has 3 aromatic heterocycles. The van der Waals surface area contributed by atoms with E-state index in [0.29, 0.717) is 23.7 Å². The number of imidazole rings is 1. The summed E-state index contributed by atoms with van der Waals surface area (Å²) in [5.41, 5.74) is 3.89. The van der Waals surface area contributed by atoms with Gasteiger partial charge in [-0.25, -0.2) is 9.48 Å². The molecule has 4 aromatic rings. The number of fused-ring (bicyclic) bond motifs is 1. The predicted molar refractivity (Wildman–Crippen MR) is 112 cm³/mol. The first-order valence-electron chi connectivity index (χ1n) is 9.62. The van der Waals surface area contributed by atoms with Crippen LogP contribution in [0.1, 0.15) is 29.4 Å². The topological polar surface area (TPSA) is 79.6 Å². The minimum atomic E-state index is -0.386. The van der Waals surface area contributed by atoms with Gasteiger partial charge in [-0.2, -0.15) is 10.1 Å². The van der Waals surface area contributed by atoms with Crippen molar-refractivity contribution in [1.82, 2.24) is 28.5 Å². The van der Waals surface area contributed by atoms with Crippen LogP contribution in [0.15, 0.2) is 39.9 Å². The van der Waals surface area contributed by atoms with Crippen molar-refractivity contribution in [2.75, 3.05) is 0 Å². The van der Waals surface area contributed by atoms with Crippen LogP contribution in [0.5, 0.6) is 0 Å². The number of rotatable bonds is 4. The zero-order valence-corrected chi connectivity index (χ0v) is 17.3. The lowest BCUT2D eigenvalue weighted by Gasteiger charge is -2.10. The smallest absolute Gasteiger partial charge is 0.303 e. The van der Waals surface area contributed by atoms with Crippen LogP contribution >= 0.6 is 0 Å². The third-order valence-corrected chi connectivity index (χ3v) is 5.55. The Labute approximate surface area is 167 Å². The van der Waals surface area contributed by atoms with Gasteiger partial charge < -0.3 is 4.57 Å². The van der Waals surface area contributed by atoms with Crippen molar-refractivity contribution < 1.29 is 0 Å². The first-order chi connectivity index (χ1) is 13.8. The summed E-state index contributed by atoms with van der Waals surface area (Å²) in [5, 5.41) is 4.59. The van der Waals surface area contributed by atoms with E-state index in [1.54, 1.807) is 11.7 Å². The van der Waals surface area contributed by atoms with Crippen molar-refractivity contribution in [2.24, 2.45) is 7.05 Å². The van der Waals surface area contributed by atoms with Crippen molar-refractivity contribution in [1.29, 1.82) is 0 Å². The third-order valence-electron chi connectivity index (χ3n) is 5.55. The van der Waals surface area contributed by atoms with Gasteiger partial charge in [0.1, 0.15) is 0 Å². The standard InChI is InChI=1S/C21H24N6O2/c1-6-25-17-18(22-20(25)27-15(4)13(2)14(3)23-27)24(5)21(29)26(19(17)28)12-16-10-8-7-9-11-16/h7-11H,6,12H2,1-5H3. The third kappa shape index (κ3) is 2.83. The molecule has 8 nitrogen and oxygen atoms in total. The molecule has 0 aliphatic heterocycles. The molecule has 29 heavy (non-hydrogen) atoms. The second kappa shape index (κ2) is 6.88. The van der Waals surface area contributed by atoms with E-state index in [2.05, 4.69) is 10.1 Å². The molecule has 1 aromatic carbocycles. The molecular weight excluding hydrogens is 368 g/mol. The minimum Gasteiger partial charge on any atom is -0.303 e. The van der Waals surface area contributed by atoms with Gasteiger partial charge in [0.15, 0.2) is 11.2 Å². The van der Waals surface area contributed by atoms with Crippen LogP contribution in [0.2, 0.25) is 0 Å². The monoisotopic (exact) mass is 392 g/mol. The summed E-state index contributed by atoms with van der Waals surface area (Å²) in [5.74, 6) is 0.542. The number of aromatic nitrogens is 6. The molecule has 0 radical (unpaired) electrons. The van der Waals surface area contributed by atoms with Gasteiger partial charge in [-0.15, -0.1) is 0 Å². The highest BCUT2D eigenvalue weighted by Crippen LogP contribution is 2.19. The van der Waals surface area contributed by atoms with Crippen molar-refractivity contribution in [3.05, 3.63) is 73.7 Å². The summed E-state index contributed by atoms with van der Waals surface area (Å²) < 4.78 is 6.28. The highest BCUT2D eigenvalue weighted by atomic mass is 16.2. The lowest BCUT2D eigenvalue weighted by atomic mass is 10.2. The van der Waals surface area contributed by atoms with Crippen molar-refractivity contribution in [2.45, 2.75) is 40.8 Å². The number of hydrogen-bond acceptors (Lipinski definition) is 4. The predicted octanol–water partition coefficient (Wildman–Crippen LogP) is 2.08. The molecule has 0 amide bonds. The largest absolute Gasteiger partial charge is 0.332 e. The second-order valence-electron chi connectivity index (χ2n) is 7.25.